The van der Waals surface area contributed by atoms with Gasteiger partial charge >= 0.3 is 5.69 Å². The van der Waals surface area contributed by atoms with E-state index in [2.05, 4.69) is 11.9 Å². The summed E-state index contributed by atoms with van der Waals surface area (Å²) in [5, 5.41) is 0.653. The molecule has 0 aliphatic carbocycles. The molecular weight excluding hydrogens is 368 g/mol. The van der Waals surface area contributed by atoms with Crippen LogP contribution < -0.4 is 11.2 Å². The molecule has 2 heterocycles. The van der Waals surface area contributed by atoms with Gasteiger partial charge in [0.15, 0.2) is 11.2 Å². The largest absolute Gasteiger partial charge is 0.381 e. The first-order chi connectivity index (χ1) is 12.9. The maximum Gasteiger partial charge on any atom is 0.332 e. The Balaban J connectivity index is 2.12. The summed E-state index contributed by atoms with van der Waals surface area (Å²) < 4.78 is 9.98. The summed E-state index contributed by atoms with van der Waals surface area (Å²) in [4.78, 5) is 29.6. The van der Waals surface area contributed by atoms with E-state index in [4.69, 9.17) is 16.3 Å². The molecule has 3 rings (SSSR count). The maximum atomic E-state index is 12.8. The molecule has 0 atom stereocenters. The summed E-state index contributed by atoms with van der Waals surface area (Å²) >= 11 is 5.98. The molecule has 0 radical (unpaired) electrons. The maximum absolute atomic E-state index is 12.8. The van der Waals surface area contributed by atoms with Crippen molar-refractivity contribution < 1.29 is 4.74 Å². The van der Waals surface area contributed by atoms with Crippen molar-refractivity contribution in [2.75, 3.05) is 13.2 Å². The van der Waals surface area contributed by atoms with Gasteiger partial charge in [0, 0.05) is 38.7 Å². The van der Waals surface area contributed by atoms with Crippen molar-refractivity contribution in [2.45, 2.75) is 26.3 Å². The van der Waals surface area contributed by atoms with Crippen LogP contribution in [0.4, 0.5) is 0 Å². The van der Waals surface area contributed by atoms with Gasteiger partial charge in [0.05, 0.1) is 6.61 Å². The Bertz CT molecular complexity index is 1060. The number of aromatic nitrogens is 4. The van der Waals surface area contributed by atoms with Gasteiger partial charge in [-0.3, -0.25) is 13.9 Å². The van der Waals surface area contributed by atoms with E-state index >= 15 is 0 Å². The molecule has 0 saturated carbocycles. The third kappa shape index (κ3) is 3.84. The highest BCUT2D eigenvalue weighted by Gasteiger charge is 2.19. The minimum atomic E-state index is -0.391. The quantitative estimate of drug-likeness (QED) is 0.579. The predicted octanol–water partition coefficient (Wildman–Crippen LogP) is 2.10. The number of rotatable bonds is 7. The molecule has 0 aliphatic rings. The molecule has 1 aromatic carbocycles. The first-order valence-electron chi connectivity index (χ1n) is 8.91. The standard InChI is InChI=1S/C19H23ClN4O3/c1-4-10-27-11-9-15-21-17-16(18(25)23(3)19(26)22(17)2)24(15)12-13-5-7-14(20)8-6-13/h5-8H,4,9-12H2,1-3H3. The second-order valence-electron chi connectivity index (χ2n) is 6.48. The van der Waals surface area contributed by atoms with Gasteiger partial charge < -0.3 is 9.30 Å². The average Bonchev–Trinajstić information content (AvgIpc) is 3.02. The van der Waals surface area contributed by atoms with Crippen LogP contribution in [0, 0.1) is 0 Å². The minimum absolute atomic E-state index is 0.352. The molecule has 0 bridgehead atoms. The van der Waals surface area contributed by atoms with Gasteiger partial charge in [-0.05, 0) is 24.1 Å². The van der Waals surface area contributed by atoms with Crippen molar-refractivity contribution in [1.29, 1.82) is 0 Å². The lowest BCUT2D eigenvalue weighted by Gasteiger charge is -2.10. The van der Waals surface area contributed by atoms with Crippen LogP contribution >= 0.6 is 11.6 Å². The molecule has 0 fully saturated rings. The van der Waals surface area contributed by atoms with Gasteiger partial charge in [-0.2, -0.15) is 0 Å². The first-order valence-corrected chi connectivity index (χ1v) is 9.29. The van der Waals surface area contributed by atoms with E-state index in [0.717, 1.165) is 16.6 Å². The number of benzene rings is 1. The molecule has 0 aliphatic heterocycles. The van der Waals surface area contributed by atoms with Crippen LogP contribution in [-0.4, -0.2) is 31.9 Å². The summed E-state index contributed by atoms with van der Waals surface area (Å²) in [5.74, 6) is 0.717. The molecule has 0 spiro atoms. The SMILES string of the molecule is CCCOCCc1nc2c(c(=O)n(C)c(=O)n2C)n1Cc1ccc(Cl)cc1. The number of hydrogen-bond acceptors (Lipinski definition) is 4. The van der Waals surface area contributed by atoms with Crippen LogP contribution in [0.3, 0.4) is 0 Å². The normalized spacial score (nSPS) is 11.4. The predicted molar refractivity (Wildman–Crippen MR) is 106 cm³/mol. The lowest BCUT2D eigenvalue weighted by molar-refractivity contribution is 0.136. The van der Waals surface area contributed by atoms with E-state index in [1.165, 1.54) is 11.6 Å². The molecule has 2 aromatic heterocycles. The van der Waals surface area contributed by atoms with E-state index in [1.807, 2.05) is 28.8 Å². The fourth-order valence-corrected chi connectivity index (χ4v) is 3.16. The van der Waals surface area contributed by atoms with Crippen molar-refractivity contribution in [3.05, 3.63) is 61.5 Å². The zero-order chi connectivity index (χ0) is 19.6. The molecule has 144 valence electrons. The Morgan fingerprint density at radius 1 is 1.07 bits per heavy atom. The fourth-order valence-electron chi connectivity index (χ4n) is 3.04. The van der Waals surface area contributed by atoms with E-state index in [-0.39, 0.29) is 5.56 Å². The highest BCUT2D eigenvalue weighted by Crippen LogP contribution is 2.16. The van der Waals surface area contributed by atoms with Crippen LogP contribution in [0.25, 0.3) is 11.2 Å². The fraction of sp³-hybridized carbons (Fsp3) is 0.421. The third-order valence-corrected chi connectivity index (χ3v) is 4.75. The van der Waals surface area contributed by atoms with E-state index in [1.54, 1.807) is 7.05 Å². The molecule has 3 aromatic rings. The Morgan fingerprint density at radius 2 is 1.78 bits per heavy atom. The number of imidazole rings is 1. The lowest BCUT2D eigenvalue weighted by Crippen LogP contribution is -2.37. The Labute approximate surface area is 161 Å². The van der Waals surface area contributed by atoms with Crippen LogP contribution in [0.15, 0.2) is 33.9 Å². The average molecular weight is 391 g/mol. The Kier molecular flexibility index (Phi) is 5.82. The number of halogens is 1. The summed E-state index contributed by atoms with van der Waals surface area (Å²) in [7, 11) is 3.11. The minimum Gasteiger partial charge on any atom is -0.381 e. The van der Waals surface area contributed by atoms with E-state index in [9.17, 15) is 9.59 Å². The molecule has 0 N–H and O–H groups in total. The van der Waals surface area contributed by atoms with E-state index in [0.29, 0.717) is 48.2 Å². The van der Waals surface area contributed by atoms with Crippen molar-refractivity contribution >= 4 is 22.8 Å². The number of aryl methyl sites for hydroxylation is 1. The Hall–Kier alpha value is -2.38. The highest BCUT2D eigenvalue weighted by molar-refractivity contribution is 6.30. The van der Waals surface area contributed by atoms with Gasteiger partial charge in [-0.25, -0.2) is 9.78 Å². The van der Waals surface area contributed by atoms with Crippen LogP contribution in [-0.2, 0) is 31.8 Å². The highest BCUT2D eigenvalue weighted by atomic mass is 35.5. The number of hydrogen-bond donors (Lipinski definition) is 0. The summed E-state index contributed by atoms with van der Waals surface area (Å²) in [6, 6.07) is 7.46. The first kappa shape index (κ1) is 19.4. The van der Waals surface area contributed by atoms with Crippen molar-refractivity contribution in [3.63, 3.8) is 0 Å². The monoisotopic (exact) mass is 390 g/mol. The second kappa shape index (κ2) is 8.10. The van der Waals surface area contributed by atoms with E-state index < -0.39 is 5.69 Å². The molecule has 27 heavy (non-hydrogen) atoms. The molecule has 0 amide bonds. The van der Waals surface area contributed by atoms with Crippen LogP contribution in [0.5, 0.6) is 0 Å². The van der Waals surface area contributed by atoms with Gasteiger partial charge in [-0.1, -0.05) is 30.7 Å². The number of ether oxygens (including phenoxy) is 1. The van der Waals surface area contributed by atoms with Gasteiger partial charge in [0.25, 0.3) is 5.56 Å². The molecular formula is C19H23ClN4O3. The van der Waals surface area contributed by atoms with Gasteiger partial charge in [0.2, 0.25) is 0 Å². The smallest absolute Gasteiger partial charge is 0.332 e. The molecule has 8 heteroatoms. The van der Waals surface area contributed by atoms with Crippen molar-refractivity contribution in [2.24, 2.45) is 14.1 Å². The number of fused-ring (bicyclic) bond motifs is 1. The second-order valence-corrected chi connectivity index (χ2v) is 6.92. The Morgan fingerprint density at radius 3 is 2.44 bits per heavy atom. The zero-order valence-corrected chi connectivity index (χ0v) is 16.5. The topological polar surface area (TPSA) is 71.1 Å². The summed E-state index contributed by atoms with van der Waals surface area (Å²) in [5.41, 5.74) is 1.06. The zero-order valence-electron chi connectivity index (χ0n) is 15.7. The molecule has 7 nitrogen and oxygen atoms in total. The van der Waals surface area contributed by atoms with Crippen molar-refractivity contribution in [1.82, 2.24) is 18.7 Å². The van der Waals surface area contributed by atoms with Crippen molar-refractivity contribution in [3.8, 4) is 0 Å². The van der Waals surface area contributed by atoms with Crippen LogP contribution in [0.2, 0.25) is 5.02 Å². The van der Waals surface area contributed by atoms with Crippen LogP contribution in [0.1, 0.15) is 24.7 Å². The summed E-state index contributed by atoms with van der Waals surface area (Å²) in [6.07, 6.45) is 1.50. The molecule has 0 unspecified atom stereocenters. The number of nitrogens with zero attached hydrogens (tertiary/aromatic N) is 4. The third-order valence-electron chi connectivity index (χ3n) is 4.50. The lowest BCUT2D eigenvalue weighted by atomic mass is 10.2. The molecule has 0 saturated heterocycles. The van der Waals surface area contributed by atoms with Gasteiger partial charge in [-0.15, -0.1) is 0 Å². The van der Waals surface area contributed by atoms with Gasteiger partial charge in [0.1, 0.15) is 5.82 Å². The summed E-state index contributed by atoms with van der Waals surface area (Å²) in [6.45, 7) is 3.70.